The van der Waals surface area contributed by atoms with Crippen molar-refractivity contribution in [3.8, 4) is 0 Å². The third-order valence-electron chi connectivity index (χ3n) is 6.62. The monoisotopic (exact) mass is 363 g/mol. The first-order valence-electron chi connectivity index (χ1n) is 10.1. The van der Waals surface area contributed by atoms with Crippen LogP contribution in [0.4, 0.5) is 0 Å². The van der Waals surface area contributed by atoms with Crippen LogP contribution in [0.2, 0.25) is 0 Å². The van der Waals surface area contributed by atoms with E-state index in [1.807, 2.05) is 30.3 Å². The molecule has 2 amide bonds. The molecule has 5 atom stereocenters. The van der Waals surface area contributed by atoms with Crippen molar-refractivity contribution in [1.82, 2.24) is 15.2 Å². The number of hydrogen-bond donors (Lipinski definition) is 1. The van der Waals surface area contributed by atoms with Crippen LogP contribution in [0.5, 0.6) is 0 Å². The maximum Gasteiger partial charge on any atom is 0.251 e. The van der Waals surface area contributed by atoms with Crippen LogP contribution in [0.1, 0.15) is 49.4 Å². The summed E-state index contributed by atoms with van der Waals surface area (Å²) in [5.41, 5.74) is 1.49. The minimum Gasteiger partial charge on any atom is -0.349 e. The molecule has 1 aromatic carbocycles. The predicted molar refractivity (Wildman–Crippen MR) is 103 cm³/mol. The Kier molecular flexibility index (Phi) is 3.92. The second-order valence-corrected chi connectivity index (χ2v) is 8.50. The van der Waals surface area contributed by atoms with E-state index >= 15 is 0 Å². The fraction of sp³-hybridized carbons (Fsp3) is 0.500. The van der Waals surface area contributed by atoms with Crippen LogP contribution >= 0.6 is 0 Å². The third-order valence-corrected chi connectivity index (χ3v) is 6.62. The van der Waals surface area contributed by atoms with E-state index in [0.29, 0.717) is 29.5 Å². The van der Waals surface area contributed by atoms with E-state index in [2.05, 4.69) is 22.1 Å². The largest absolute Gasteiger partial charge is 0.349 e. The van der Waals surface area contributed by atoms with E-state index in [1.165, 1.54) is 0 Å². The van der Waals surface area contributed by atoms with Gasteiger partial charge in [0.05, 0.1) is 5.52 Å². The Labute approximate surface area is 159 Å². The van der Waals surface area contributed by atoms with E-state index in [0.717, 1.165) is 43.0 Å². The molecule has 1 saturated carbocycles. The van der Waals surface area contributed by atoms with E-state index in [-0.39, 0.29) is 17.9 Å². The Hall–Kier alpha value is -2.43. The Morgan fingerprint density at radius 3 is 2.56 bits per heavy atom. The number of nitrogens with one attached hydrogen (secondary N) is 1. The normalized spacial score (nSPS) is 31.7. The van der Waals surface area contributed by atoms with Gasteiger partial charge < -0.3 is 10.2 Å². The maximum atomic E-state index is 12.7. The molecule has 0 spiro atoms. The van der Waals surface area contributed by atoms with Crippen molar-refractivity contribution in [2.45, 2.75) is 57.2 Å². The number of benzene rings is 1. The molecule has 0 radical (unpaired) electrons. The van der Waals surface area contributed by atoms with E-state index in [4.69, 9.17) is 0 Å². The number of rotatable bonds is 3. The third kappa shape index (κ3) is 2.99. The lowest BCUT2D eigenvalue weighted by molar-refractivity contribution is -0.137. The van der Waals surface area contributed by atoms with Crippen molar-refractivity contribution < 1.29 is 9.59 Å². The van der Waals surface area contributed by atoms with Gasteiger partial charge in [0.2, 0.25) is 5.91 Å². The average Bonchev–Trinajstić information content (AvgIpc) is 3.35. The van der Waals surface area contributed by atoms with E-state index in [1.54, 1.807) is 6.20 Å². The van der Waals surface area contributed by atoms with Crippen molar-refractivity contribution in [1.29, 1.82) is 0 Å². The van der Waals surface area contributed by atoms with Crippen molar-refractivity contribution in [3.63, 3.8) is 0 Å². The second kappa shape index (κ2) is 6.32. The first-order valence-corrected chi connectivity index (χ1v) is 10.1. The lowest BCUT2D eigenvalue weighted by Crippen LogP contribution is -2.53. The zero-order chi connectivity index (χ0) is 18.5. The summed E-state index contributed by atoms with van der Waals surface area (Å²) in [5.74, 6) is 1.13. The molecule has 2 aliphatic heterocycles. The maximum absolute atomic E-state index is 12.7. The standard InChI is InChI=1S/C22H25N3O2/c1-13-9-19(13)22(27)25-17-6-7-18(25)12-16(11-17)24-21(26)15-5-4-14-3-2-8-23-20(14)10-15/h2-5,8,10,13,16-19H,6-7,9,11-12H2,1H3,(H,24,26)/t13-,16?,17-,18+,19-/m1/s1. The Balaban J connectivity index is 1.26. The molecule has 2 saturated heterocycles. The molecule has 3 fully saturated rings. The number of hydrogen-bond acceptors (Lipinski definition) is 3. The zero-order valence-electron chi connectivity index (χ0n) is 15.6. The summed E-state index contributed by atoms with van der Waals surface area (Å²) in [6, 6.07) is 10.3. The highest BCUT2D eigenvalue weighted by atomic mass is 16.2. The van der Waals surface area contributed by atoms with Gasteiger partial charge in [0.25, 0.3) is 5.91 Å². The summed E-state index contributed by atoms with van der Waals surface area (Å²) in [4.78, 5) is 32.0. The molecule has 3 heterocycles. The highest BCUT2D eigenvalue weighted by Gasteiger charge is 2.49. The number of carbonyl (C=O) groups is 2. The molecule has 2 bridgehead atoms. The van der Waals surface area contributed by atoms with Crippen LogP contribution in [0, 0.1) is 11.8 Å². The van der Waals surface area contributed by atoms with Crippen LogP contribution in [-0.4, -0.2) is 39.8 Å². The lowest BCUT2D eigenvalue weighted by atomic mass is 9.96. The van der Waals surface area contributed by atoms with Crippen LogP contribution in [0.15, 0.2) is 36.5 Å². The number of nitrogens with zero attached hydrogens (tertiary/aromatic N) is 2. The van der Waals surface area contributed by atoms with Gasteiger partial charge in [-0.05, 0) is 56.2 Å². The van der Waals surface area contributed by atoms with Gasteiger partial charge in [-0.25, -0.2) is 0 Å². The summed E-state index contributed by atoms with van der Waals surface area (Å²) in [5, 5.41) is 4.24. The van der Waals surface area contributed by atoms with Gasteiger partial charge in [0, 0.05) is 41.2 Å². The molecular formula is C22H25N3O2. The molecular weight excluding hydrogens is 338 g/mol. The molecule has 2 aromatic rings. The van der Waals surface area contributed by atoms with Gasteiger partial charge in [-0.1, -0.05) is 19.1 Å². The van der Waals surface area contributed by atoms with E-state index in [9.17, 15) is 9.59 Å². The van der Waals surface area contributed by atoms with Crippen molar-refractivity contribution >= 4 is 22.7 Å². The first kappa shape index (κ1) is 16.7. The number of carbonyl (C=O) groups excluding carboxylic acids is 2. The Morgan fingerprint density at radius 1 is 1.11 bits per heavy atom. The first-order chi connectivity index (χ1) is 13.1. The summed E-state index contributed by atoms with van der Waals surface area (Å²) < 4.78 is 0. The van der Waals surface area contributed by atoms with Gasteiger partial charge in [0.1, 0.15) is 0 Å². The molecule has 5 heteroatoms. The minimum atomic E-state index is -0.0393. The van der Waals surface area contributed by atoms with Gasteiger partial charge in [-0.15, -0.1) is 0 Å². The Bertz CT molecular complexity index is 897. The predicted octanol–water partition coefficient (Wildman–Crippen LogP) is 3.14. The van der Waals surface area contributed by atoms with Crippen LogP contribution in [-0.2, 0) is 4.79 Å². The van der Waals surface area contributed by atoms with E-state index < -0.39 is 0 Å². The number of piperidine rings is 1. The topological polar surface area (TPSA) is 62.3 Å². The van der Waals surface area contributed by atoms with Crippen LogP contribution in [0.3, 0.4) is 0 Å². The molecule has 1 aromatic heterocycles. The smallest absolute Gasteiger partial charge is 0.251 e. The molecule has 1 aliphatic carbocycles. The van der Waals surface area contributed by atoms with Gasteiger partial charge in [-0.3, -0.25) is 14.6 Å². The van der Waals surface area contributed by atoms with Crippen molar-refractivity contribution in [2.24, 2.45) is 11.8 Å². The van der Waals surface area contributed by atoms with Crippen LogP contribution in [0.25, 0.3) is 10.9 Å². The fourth-order valence-corrected chi connectivity index (χ4v) is 4.99. The molecule has 5 rings (SSSR count). The molecule has 1 N–H and O–H groups in total. The fourth-order valence-electron chi connectivity index (χ4n) is 4.99. The van der Waals surface area contributed by atoms with Crippen molar-refractivity contribution in [2.75, 3.05) is 0 Å². The average molecular weight is 363 g/mol. The van der Waals surface area contributed by atoms with Crippen molar-refractivity contribution in [3.05, 3.63) is 42.1 Å². The summed E-state index contributed by atoms with van der Waals surface area (Å²) in [6.07, 6.45) is 6.69. The summed E-state index contributed by atoms with van der Waals surface area (Å²) >= 11 is 0. The number of aromatic nitrogens is 1. The molecule has 5 nitrogen and oxygen atoms in total. The van der Waals surface area contributed by atoms with Gasteiger partial charge in [-0.2, -0.15) is 0 Å². The second-order valence-electron chi connectivity index (χ2n) is 8.50. The molecule has 27 heavy (non-hydrogen) atoms. The molecule has 1 unspecified atom stereocenters. The molecule has 140 valence electrons. The van der Waals surface area contributed by atoms with Gasteiger partial charge >= 0.3 is 0 Å². The summed E-state index contributed by atoms with van der Waals surface area (Å²) in [7, 11) is 0. The van der Waals surface area contributed by atoms with Crippen LogP contribution < -0.4 is 5.32 Å². The number of amides is 2. The SMILES string of the molecule is C[C@@H]1C[C@H]1C(=O)N1[C@@H]2CC[C@H]1CC(NC(=O)c1ccc3cccnc3c1)C2. The van der Waals surface area contributed by atoms with Gasteiger partial charge in [0.15, 0.2) is 0 Å². The number of pyridine rings is 1. The zero-order valence-corrected chi connectivity index (χ0v) is 15.6. The highest BCUT2D eigenvalue weighted by Crippen LogP contribution is 2.44. The minimum absolute atomic E-state index is 0.0393. The highest BCUT2D eigenvalue weighted by molar-refractivity contribution is 5.97. The molecule has 3 aliphatic rings. The lowest BCUT2D eigenvalue weighted by Gasteiger charge is -2.39. The number of fused-ring (bicyclic) bond motifs is 3. The quantitative estimate of drug-likeness (QED) is 0.911. The Morgan fingerprint density at radius 2 is 1.85 bits per heavy atom. The summed E-state index contributed by atoms with van der Waals surface area (Å²) in [6.45, 7) is 2.16.